The highest BCUT2D eigenvalue weighted by Gasteiger charge is 2.24. The molecule has 0 saturated carbocycles. The maximum Gasteiger partial charge on any atom is 0.333 e. The van der Waals surface area contributed by atoms with E-state index in [1.165, 1.54) is 7.11 Å². The fraction of sp³-hybridized carbons (Fsp3) is 0.500. The number of methoxy groups -OCH3 is 1. The molecule has 5 heteroatoms. The first-order valence-corrected chi connectivity index (χ1v) is 5.06. The lowest BCUT2D eigenvalue weighted by molar-refractivity contribution is -0.139. The quantitative estimate of drug-likeness (QED) is 0.421. The summed E-state index contributed by atoms with van der Waals surface area (Å²) in [6.45, 7) is 11.1. The Morgan fingerprint density at radius 2 is 1.71 bits per heavy atom. The first-order valence-electron chi connectivity index (χ1n) is 5.06. The summed E-state index contributed by atoms with van der Waals surface area (Å²) in [4.78, 5) is 20.9. The fourth-order valence-electron chi connectivity index (χ4n) is 0.630. The average Bonchev–Trinajstić information content (AvgIpc) is 3.09. The Kier molecular flexibility index (Phi) is 6.89. The van der Waals surface area contributed by atoms with Crippen LogP contribution in [0.5, 0.6) is 0 Å². The zero-order chi connectivity index (χ0) is 13.4. The van der Waals surface area contributed by atoms with E-state index < -0.39 is 0 Å². The van der Waals surface area contributed by atoms with Crippen LogP contribution in [-0.4, -0.2) is 38.4 Å². The van der Waals surface area contributed by atoms with Gasteiger partial charge in [-0.3, -0.25) is 0 Å². The number of rotatable bonds is 4. The number of hydrogen-bond acceptors (Lipinski definition) is 5. The first-order chi connectivity index (χ1) is 7.88. The normalized spacial score (nSPS) is 16.1. The van der Waals surface area contributed by atoms with Gasteiger partial charge in [-0.2, -0.15) is 0 Å². The Hall–Kier alpha value is -1.62. The molecule has 0 aromatic rings. The lowest BCUT2D eigenvalue weighted by Crippen LogP contribution is -2.09. The number of ether oxygens (including phenoxy) is 3. The SMILES string of the molecule is C=C(C)C(=O)OC.C=C(C)C(=O)OCC1CO1. The molecule has 1 saturated heterocycles. The van der Waals surface area contributed by atoms with Crippen LogP contribution in [-0.2, 0) is 23.8 Å². The van der Waals surface area contributed by atoms with Gasteiger partial charge in [0.15, 0.2) is 0 Å². The van der Waals surface area contributed by atoms with Crippen LogP contribution in [0.2, 0.25) is 0 Å². The molecule has 1 fully saturated rings. The van der Waals surface area contributed by atoms with E-state index in [1.54, 1.807) is 13.8 Å². The van der Waals surface area contributed by atoms with E-state index in [0.29, 0.717) is 24.4 Å². The van der Waals surface area contributed by atoms with Crippen LogP contribution >= 0.6 is 0 Å². The molecule has 1 aliphatic rings. The molecular formula is C12H18O5. The van der Waals surface area contributed by atoms with Gasteiger partial charge in [-0.25, -0.2) is 9.59 Å². The number of esters is 2. The molecule has 1 atom stereocenters. The highest BCUT2D eigenvalue weighted by atomic mass is 16.6. The predicted octanol–water partition coefficient (Wildman–Crippen LogP) is 1.24. The molecule has 1 rings (SSSR count). The zero-order valence-electron chi connectivity index (χ0n) is 10.4. The molecule has 5 nitrogen and oxygen atoms in total. The van der Waals surface area contributed by atoms with Crippen LogP contribution in [0.3, 0.4) is 0 Å². The number of hydrogen-bond donors (Lipinski definition) is 0. The van der Waals surface area contributed by atoms with Gasteiger partial charge in [0.2, 0.25) is 0 Å². The van der Waals surface area contributed by atoms with E-state index in [9.17, 15) is 9.59 Å². The van der Waals surface area contributed by atoms with E-state index in [-0.39, 0.29) is 18.0 Å². The minimum atomic E-state index is -0.347. The summed E-state index contributed by atoms with van der Waals surface area (Å²) in [7, 11) is 1.33. The highest BCUT2D eigenvalue weighted by Crippen LogP contribution is 2.09. The second kappa shape index (κ2) is 7.62. The van der Waals surface area contributed by atoms with Gasteiger partial charge in [-0.05, 0) is 13.8 Å². The molecule has 0 aromatic carbocycles. The van der Waals surface area contributed by atoms with Gasteiger partial charge in [0, 0.05) is 11.1 Å². The van der Waals surface area contributed by atoms with Crippen molar-refractivity contribution in [2.75, 3.05) is 20.3 Å². The molecule has 0 aliphatic carbocycles. The van der Waals surface area contributed by atoms with E-state index in [1.807, 2.05) is 0 Å². The number of carbonyl (C=O) groups excluding carboxylic acids is 2. The number of carbonyl (C=O) groups is 2. The van der Waals surface area contributed by atoms with Gasteiger partial charge in [0.05, 0.1) is 13.7 Å². The molecule has 96 valence electrons. The van der Waals surface area contributed by atoms with Gasteiger partial charge >= 0.3 is 11.9 Å². The number of epoxide rings is 1. The fourth-order valence-corrected chi connectivity index (χ4v) is 0.630. The van der Waals surface area contributed by atoms with Crippen LogP contribution in [0.25, 0.3) is 0 Å². The Morgan fingerprint density at radius 3 is 1.94 bits per heavy atom. The van der Waals surface area contributed by atoms with Crippen molar-refractivity contribution in [3.05, 3.63) is 24.3 Å². The summed E-state index contributed by atoms with van der Waals surface area (Å²) in [6, 6.07) is 0. The van der Waals surface area contributed by atoms with Crippen molar-refractivity contribution in [2.45, 2.75) is 20.0 Å². The van der Waals surface area contributed by atoms with E-state index >= 15 is 0 Å². The average molecular weight is 242 g/mol. The second-order valence-electron chi connectivity index (χ2n) is 3.61. The predicted molar refractivity (Wildman–Crippen MR) is 62.3 cm³/mol. The smallest absolute Gasteiger partial charge is 0.333 e. The van der Waals surface area contributed by atoms with Gasteiger partial charge in [0.25, 0.3) is 0 Å². The molecule has 0 N–H and O–H groups in total. The third kappa shape index (κ3) is 8.21. The van der Waals surface area contributed by atoms with Gasteiger partial charge in [-0.1, -0.05) is 13.2 Å². The van der Waals surface area contributed by atoms with Crippen molar-refractivity contribution in [1.29, 1.82) is 0 Å². The molecule has 1 unspecified atom stereocenters. The Balaban J connectivity index is 0.000000325. The molecular weight excluding hydrogens is 224 g/mol. The van der Waals surface area contributed by atoms with Gasteiger partial charge < -0.3 is 14.2 Å². The molecule has 0 aromatic heterocycles. The van der Waals surface area contributed by atoms with Gasteiger partial charge in [0.1, 0.15) is 12.7 Å². The molecule has 0 bridgehead atoms. The summed E-state index contributed by atoms with van der Waals surface area (Å²) in [5.74, 6) is -0.685. The molecule has 17 heavy (non-hydrogen) atoms. The van der Waals surface area contributed by atoms with Crippen molar-refractivity contribution in [2.24, 2.45) is 0 Å². The van der Waals surface area contributed by atoms with Crippen molar-refractivity contribution in [1.82, 2.24) is 0 Å². The summed E-state index contributed by atoms with van der Waals surface area (Å²) >= 11 is 0. The lowest BCUT2D eigenvalue weighted by atomic mass is 10.4. The Labute approximate surface area is 101 Å². The third-order valence-corrected chi connectivity index (χ3v) is 1.69. The first kappa shape index (κ1) is 15.4. The minimum Gasteiger partial charge on any atom is -0.466 e. The molecule has 0 radical (unpaired) electrons. The van der Waals surface area contributed by atoms with Crippen molar-refractivity contribution >= 4 is 11.9 Å². The summed E-state index contributed by atoms with van der Waals surface area (Å²) in [5.41, 5.74) is 0.864. The molecule has 1 heterocycles. The third-order valence-electron chi connectivity index (χ3n) is 1.69. The zero-order valence-corrected chi connectivity index (χ0v) is 10.4. The maximum atomic E-state index is 10.7. The second-order valence-corrected chi connectivity index (χ2v) is 3.61. The Bertz CT molecular complexity index is 315. The van der Waals surface area contributed by atoms with Crippen LogP contribution < -0.4 is 0 Å². The van der Waals surface area contributed by atoms with E-state index in [4.69, 9.17) is 9.47 Å². The minimum absolute atomic E-state index is 0.142. The van der Waals surface area contributed by atoms with Crippen LogP contribution in [0.1, 0.15) is 13.8 Å². The van der Waals surface area contributed by atoms with E-state index in [0.717, 1.165) is 0 Å². The standard InChI is InChI=1S/C7H10O3.C5H8O2/c1-5(2)7(8)10-4-6-3-9-6;1-4(2)5(6)7-3/h6H,1,3-4H2,2H3;1H2,2-3H3. The van der Waals surface area contributed by atoms with Crippen LogP contribution in [0.15, 0.2) is 24.3 Å². The molecule has 0 amide bonds. The monoisotopic (exact) mass is 242 g/mol. The van der Waals surface area contributed by atoms with Gasteiger partial charge in [-0.15, -0.1) is 0 Å². The summed E-state index contributed by atoms with van der Waals surface area (Å²) in [5, 5.41) is 0. The maximum absolute atomic E-state index is 10.7. The summed E-state index contributed by atoms with van der Waals surface area (Å²) < 4.78 is 13.9. The summed E-state index contributed by atoms with van der Waals surface area (Å²) in [6.07, 6.45) is 0.142. The van der Waals surface area contributed by atoms with Crippen molar-refractivity contribution in [3.8, 4) is 0 Å². The van der Waals surface area contributed by atoms with Crippen LogP contribution in [0.4, 0.5) is 0 Å². The Morgan fingerprint density at radius 1 is 1.24 bits per heavy atom. The lowest BCUT2D eigenvalue weighted by Gasteiger charge is -1.99. The van der Waals surface area contributed by atoms with E-state index in [2.05, 4.69) is 17.9 Å². The molecule has 0 spiro atoms. The van der Waals surface area contributed by atoms with Crippen molar-refractivity contribution in [3.63, 3.8) is 0 Å². The largest absolute Gasteiger partial charge is 0.466 e. The topological polar surface area (TPSA) is 65.1 Å². The van der Waals surface area contributed by atoms with Crippen LogP contribution in [0, 0.1) is 0 Å². The molecule has 1 aliphatic heterocycles. The highest BCUT2D eigenvalue weighted by molar-refractivity contribution is 5.87. The van der Waals surface area contributed by atoms with Crippen molar-refractivity contribution < 1.29 is 23.8 Å².